The summed E-state index contributed by atoms with van der Waals surface area (Å²) in [6, 6.07) is 11.2. The Labute approximate surface area is 104 Å². The average molecular weight is 247 g/mol. The van der Waals surface area contributed by atoms with E-state index in [1.165, 1.54) is 12.3 Å². The fraction of sp³-hybridized carbons (Fsp3) is 0.0769. The summed E-state index contributed by atoms with van der Waals surface area (Å²) < 4.78 is 5.06. The van der Waals surface area contributed by atoms with Crippen molar-refractivity contribution in [3.8, 4) is 5.88 Å². The Balaban J connectivity index is 2.11. The number of carbonyl (C=O) groups excluding carboxylic acids is 1. The van der Waals surface area contributed by atoms with E-state index >= 15 is 0 Å². The van der Waals surface area contributed by atoms with Crippen LogP contribution in [-0.4, -0.2) is 11.0 Å². The zero-order valence-electron chi connectivity index (χ0n) is 9.11. The molecule has 17 heavy (non-hydrogen) atoms. The van der Waals surface area contributed by atoms with Gasteiger partial charge in [0.1, 0.15) is 0 Å². The standard InChI is InChI=1S/C13H9ClNO2/c1-9-2-4-10(5-3-9)13(16)17-12-7-6-11(14)8-15-12/h2-5,7-8H,1H3. The first kappa shape index (κ1) is 11.6. The van der Waals surface area contributed by atoms with Gasteiger partial charge in [0.2, 0.25) is 5.88 Å². The predicted octanol–water partition coefficient (Wildman–Crippen LogP) is 3.06. The Hall–Kier alpha value is -1.87. The van der Waals surface area contributed by atoms with E-state index in [-0.39, 0.29) is 5.88 Å². The van der Waals surface area contributed by atoms with Gasteiger partial charge >= 0.3 is 5.97 Å². The van der Waals surface area contributed by atoms with Gasteiger partial charge in [0.25, 0.3) is 0 Å². The molecule has 2 aromatic rings. The van der Waals surface area contributed by atoms with E-state index in [2.05, 4.69) is 11.1 Å². The summed E-state index contributed by atoms with van der Waals surface area (Å²) >= 11 is 5.62. The van der Waals surface area contributed by atoms with Crippen molar-refractivity contribution in [2.24, 2.45) is 0 Å². The highest BCUT2D eigenvalue weighted by molar-refractivity contribution is 6.30. The molecule has 0 N–H and O–H groups in total. The molecule has 1 radical (unpaired) electrons. The van der Waals surface area contributed by atoms with Gasteiger partial charge in [-0.3, -0.25) is 0 Å². The van der Waals surface area contributed by atoms with Crippen LogP contribution in [-0.2, 0) is 0 Å². The molecule has 3 nitrogen and oxygen atoms in total. The number of aryl methyl sites for hydroxylation is 1. The maximum atomic E-state index is 11.7. The van der Waals surface area contributed by atoms with Crippen molar-refractivity contribution in [2.75, 3.05) is 0 Å². The van der Waals surface area contributed by atoms with Crippen molar-refractivity contribution >= 4 is 17.6 Å². The third-order valence-corrected chi connectivity index (χ3v) is 2.33. The van der Waals surface area contributed by atoms with Crippen molar-refractivity contribution in [3.05, 3.63) is 58.7 Å². The molecule has 1 aromatic carbocycles. The molecule has 4 heteroatoms. The fourth-order valence-corrected chi connectivity index (χ4v) is 1.33. The number of aromatic nitrogens is 1. The second-order valence-corrected chi connectivity index (χ2v) is 3.90. The number of hydrogen-bond acceptors (Lipinski definition) is 3. The molecular weight excluding hydrogens is 238 g/mol. The van der Waals surface area contributed by atoms with Gasteiger partial charge in [-0.25, -0.2) is 9.78 Å². The lowest BCUT2D eigenvalue weighted by Gasteiger charge is -2.03. The first-order valence-electron chi connectivity index (χ1n) is 4.97. The third-order valence-electron chi connectivity index (χ3n) is 2.12. The molecule has 0 aliphatic heterocycles. The van der Waals surface area contributed by atoms with Crippen LogP contribution in [0.5, 0.6) is 5.88 Å². The van der Waals surface area contributed by atoms with Crippen LogP contribution >= 0.6 is 11.6 Å². The second kappa shape index (κ2) is 4.97. The topological polar surface area (TPSA) is 39.2 Å². The molecule has 0 saturated carbocycles. The molecule has 85 valence electrons. The number of carbonyl (C=O) groups is 1. The molecule has 0 atom stereocenters. The Kier molecular flexibility index (Phi) is 3.40. The van der Waals surface area contributed by atoms with Crippen LogP contribution in [0.4, 0.5) is 0 Å². The van der Waals surface area contributed by atoms with Gasteiger partial charge in [-0.2, -0.15) is 0 Å². The zero-order chi connectivity index (χ0) is 12.3. The molecule has 0 saturated heterocycles. The third kappa shape index (κ3) is 3.04. The Bertz CT molecular complexity index is 520. The normalized spacial score (nSPS) is 10.0. The summed E-state index contributed by atoms with van der Waals surface area (Å²) in [5.41, 5.74) is 1.56. The van der Waals surface area contributed by atoms with Gasteiger partial charge in [0, 0.05) is 12.1 Å². The van der Waals surface area contributed by atoms with Crippen LogP contribution in [0.15, 0.2) is 36.5 Å². The van der Waals surface area contributed by atoms with Crippen LogP contribution in [0.1, 0.15) is 15.9 Å². The Morgan fingerprint density at radius 3 is 2.65 bits per heavy atom. The van der Waals surface area contributed by atoms with Crippen LogP contribution in [0.2, 0.25) is 5.02 Å². The van der Waals surface area contributed by atoms with E-state index in [0.29, 0.717) is 10.6 Å². The van der Waals surface area contributed by atoms with Crippen molar-refractivity contribution in [3.63, 3.8) is 0 Å². The summed E-state index contributed by atoms with van der Waals surface area (Å²) in [7, 11) is 0. The number of benzene rings is 1. The summed E-state index contributed by atoms with van der Waals surface area (Å²) in [4.78, 5) is 15.6. The highest BCUT2D eigenvalue weighted by Gasteiger charge is 2.08. The second-order valence-electron chi connectivity index (χ2n) is 3.49. The number of pyridine rings is 1. The maximum Gasteiger partial charge on any atom is 0.344 e. The minimum absolute atomic E-state index is 0.181. The van der Waals surface area contributed by atoms with Gasteiger partial charge in [0.15, 0.2) is 0 Å². The fourth-order valence-electron chi connectivity index (χ4n) is 1.22. The van der Waals surface area contributed by atoms with Crippen LogP contribution in [0.25, 0.3) is 0 Å². The highest BCUT2D eigenvalue weighted by Crippen LogP contribution is 2.13. The van der Waals surface area contributed by atoms with E-state index < -0.39 is 5.97 Å². The van der Waals surface area contributed by atoms with Gasteiger partial charge in [-0.05, 0) is 19.1 Å². The highest BCUT2D eigenvalue weighted by atomic mass is 35.5. The number of rotatable bonds is 2. The maximum absolute atomic E-state index is 11.7. The monoisotopic (exact) mass is 246 g/mol. The number of halogens is 1. The van der Waals surface area contributed by atoms with E-state index in [9.17, 15) is 4.79 Å². The first-order valence-corrected chi connectivity index (χ1v) is 5.35. The molecule has 2 rings (SSSR count). The molecule has 1 heterocycles. The number of esters is 1. The average Bonchev–Trinajstić information content (AvgIpc) is 2.33. The number of hydrogen-bond donors (Lipinski definition) is 0. The summed E-state index contributed by atoms with van der Waals surface area (Å²) in [6.07, 6.45) is 1.37. The predicted molar refractivity (Wildman–Crippen MR) is 64.2 cm³/mol. The number of nitrogens with zero attached hydrogens (tertiary/aromatic N) is 1. The largest absolute Gasteiger partial charge is 0.404 e. The summed E-state index contributed by atoms with van der Waals surface area (Å²) in [5.74, 6) is -0.270. The van der Waals surface area contributed by atoms with Crippen molar-refractivity contribution in [1.29, 1.82) is 0 Å². The van der Waals surface area contributed by atoms with E-state index in [1.54, 1.807) is 12.1 Å². The van der Waals surface area contributed by atoms with Crippen molar-refractivity contribution in [1.82, 2.24) is 4.98 Å². The first-order chi connectivity index (χ1) is 8.15. The molecule has 0 aliphatic carbocycles. The minimum atomic E-state index is -0.451. The SMILES string of the molecule is Cc1ccc(C(=O)Oc2c[c]c(Cl)cn2)cc1. The van der Waals surface area contributed by atoms with Crippen LogP contribution in [0.3, 0.4) is 0 Å². The lowest BCUT2D eigenvalue weighted by atomic mass is 10.1. The van der Waals surface area contributed by atoms with Gasteiger partial charge in [0.05, 0.1) is 16.8 Å². The molecule has 0 amide bonds. The lowest BCUT2D eigenvalue weighted by molar-refractivity contribution is 0.0727. The summed E-state index contributed by atoms with van der Waals surface area (Å²) in [5, 5.41) is 0.375. The molecule has 1 aromatic heterocycles. The van der Waals surface area contributed by atoms with E-state index in [0.717, 1.165) is 5.56 Å². The van der Waals surface area contributed by atoms with E-state index in [1.807, 2.05) is 19.1 Å². The summed E-state index contributed by atoms with van der Waals surface area (Å²) in [6.45, 7) is 1.95. The van der Waals surface area contributed by atoms with Crippen LogP contribution < -0.4 is 4.74 Å². The van der Waals surface area contributed by atoms with Gasteiger partial charge in [-0.1, -0.05) is 29.3 Å². The van der Waals surface area contributed by atoms with Gasteiger partial charge < -0.3 is 4.74 Å². The molecule has 0 bridgehead atoms. The molecule has 0 unspecified atom stereocenters. The molecule has 0 fully saturated rings. The quantitative estimate of drug-likeness (QED) is 0.765. The zero-order valence-corrected chi connectivity index (χ0v) is 9.86. The van der Waals surface area contributed by atoms with Crippen LogP contribution in [0, 0.1) is 13.0 Å². The minimum Gasteiger partial charge on any atom is -0.404 e. The van der Waals surface area contributed by atoms with Gasteiger partial charge in [-0.15, -0.1) is 0 Å². The molecule has 0 aliphatic rings. The Morgan fingerprint density at radius 2 is 2.06 bits per heavy atom. The lowest BCUT2D eigenvalue weighted by Crippen LogP contribution is -2.09. The van der Waals surface area contributed by atoms with Crippen molar-refractivity contribution in [2.45, 2.75) is 6.92 Å². The van der Waals surface area contributed by atoms with E-state index in [4.69, 9.17) is 16.3 Å². The number of ether oxygens (including phenoxy) is 1. The smallest absolute Gasteiger partial charge is 0.344 e. The Morgan fingerprint density at radius 1 is 1.35 bits per heavy atom. The van der Waals surface area contributed by atoms with Crippen molar-refractivity contribution < 1.29 is 9.53 Å². The molecule has 0 spiro atoms. The molecular formula is C13H9ClNO2.